The Bertz CT molecular complexity index is 561. The van der Waals surface area contributed by atoms with Gasteiger partial charge in [0.2, 0.25) is 5.91 Å². The highest BCUT2D eigenvalue weighted by atomic mass is 16.5. The lowest BCUT2D eigenvalue weighted by Gasteiger charge is -2.37. The molecule has 5 heteroatoms. The minimum Gasteiger partial charge on any atom is -0.497 e. The van der Waals surface area contributed by atoms with Crippen molar-refractivity contribution in [2.45, 2.75) is 51.1 Å². The summed E-state index contributed by atoms with van der Waals surface area (Å²) in [5, 5.41) is 3.24. The van der Waals surface area contributed by atoms with E-state index in [1.54, 1.807) is 7.11 Å². The Morgan fingerprint density at radius 2 is 1.81 bits per heavy atom. The number of amides is 1. The smallest absolute Gasteiger partial charge is 0.237 e. The van der Waals surface area contributed by atoms with Crippen molar-refractivity contribution in [2.24, 2.45) is 0 Å². The van der Waals surface area contributed by atoms with Gasteiger partial charge in [0.25, 0.3) is 0 Å². The quantitative estimate of drug-likeness (QED) is 0.811. The molecule has 2 fully saturated rings. The molecule has 1 saturated carbocycles. The van der Waals surface area contributed by atoms with E-state index < -0.39 is 0 Å². The summed E-state index contributed by atoms with van der Waals surface area (Å²) in [7, 11) is 1.70. The lowest BCUT2D eigenvalue weighted by Crippen LogP contribution is -2.55. The molecule has 1 unspecified atom stereocenters. The number of ether oxygens (including phenoxy) is 1. The van der Waals surface area contributed by atoms with Crippen molar-refractivity contribution in [3.05, 3.63) is 29.8 Å². The van der Waals surface area contributed by atoms with Gasteiger partial charge in [-0.1, -0.05) is 25.0 Å². The molecular weight excluding hydrogens is 326 g/mol. The number of nitrogens with one attached hydrogen (secondary N) is 1. The predicted octanol–water partition coefficient (Wildman–Crippen LogP) is 2.30. The molecular formula is C21H33N3O2. The highest BCUT2D eigenvalue weighted by molar-refractivity contribution is 5.81. The highest BCUT2D eigenvalue weighted by Crippen LogP contribution is 2.18. The zero-order valence-corrected chi connectivity index (χ0v) is 16.2. The summed E-state index contributed by atoms with van der Waals surface area (Å²) < 4.78 is 5.21. The number of rotatable bonds is 7. The molecule has 3 rings (SSSR count). The average Bonchev–Trinajstić information content (AvgIpc) is 3.19. The molecule has 1 aromatic rings. The summed E-state index contributed by atoms with van der Waals surface area (Å²) in [5.41, 5.74) is 1.34. The summed E-state index contributed by atoms with van der Waals surface area (Å²) in [5.74, 6) is 1.12. The molecule has 26 heavy (non-hydrogen) atoms. The lowest BCUT2D eigenvalue weighted by molar-refractivity contribution is -0.127. The van der Waals surface area contributed by atoms with E-state index in [2.05, 4.69) is 34.2 Å². The fourth-order valence-corrected chi connectivity index (χ4v) is 4.01. The molecule has 1 atom stereocenters. The third kappa shape index (κ3) is 5.21. The third-order valence-corrected chi connectivity index (χ3v) is 5.91. The van der Waals surface area contributed by atoms with Crippen LogP contribution in [0.3, 0.4) is 0 Å². The number of piperazine rings is 1. The minimum atomic E-state index is -0.0145. The van der Waals surface area contributed by atoms with Crippen LogP contribution in [0.2, 0.25) is 0 Å². The Morgan fingerprint density at radius 1 is 1.15 bits per heavy atom. The number of carbonyl (C=O) groups is 1. The zero-order valence-electron chi connectivity index (χ0n) is 16.2. The molecule has 1 aliphatic carbocycles. The lowest BCUT2D eigenvalue weighted by atomic mass is 10.1. The van der Waals surface area contributed by atoms with Gasteiger partial charge in [0.1, 0.15) is 5.75 Å². The fourth-order valence-electron chi connectivity index (χ4n) is 4.01. The Balaban J connectivity index is 1.38. The van der Waals surface area contributed by atoms with E-state index in [0.717, 1.165) is 57.7 Å². The second kappa shape index (κ2) is 9.38. The summed E-state index contributed by atoms with van der Waals surface area (Å²) in [4.78, 5) is 17.3. The molecule has 0 aromatic heterocycles. The van der Waals surface area contributed by atoms with E-state index in [-0.39, 0.29) is 11.9 Å². The molecule has 144 valence electrons. The van der Waals surface area contributed by atoms with Gasteiger partial charge in [-0.3, -0.25) is 9.69 Å². The van der Waals surface area contributed by atoms with Crippen LogP contribution in [0, 0.1) is 0 Å². The first kappa shape index (κ1) is 19.2. The molecule has 1 N–H and O–H groups in total. The van der Waals surface area contributed by atoms with Gasteiger partial charge in [-0.15, -0.1) is 0 Å². The van der Waals surface area contributed by atoms with Crippen molar-refractivity contribution in [2.75, 3.05) is 39.8 Å². The fraction of sp³-hybridized carbons (Fsp3) is 0.667. The van der Waals surface area contributed by atoms with E-state index in [1.807, 2.05) is 12.1 Å². The number of hydrogen-bond acceptors (Lipinski definition) is 4. The molecule has 1 heterocycles. The van der Waals surface area contributed by atoms with Crippen LogP contribution in [-0.4, -0.2) is 67.6 Å². The van der Waals surface area contributed by atoms with Gasteiger partial charge in [0.15, 0.2) is 0 Å². The number of hydrogen-bond donors (Lipinski definition) is 1. The highest BCUT2D eigenvalue weighted by Gasteiger charge is 2.27. The van der Waals surface area contributed by atoms with Gasteiger partial charge < -0.3 is 15.0 Å². The number of carbonyl (C=O) groups excluding carboxylic acids is 1. The maximum atomic E-state index is 12.5. The van der Waals surface area contributed by atoms with E-state index in [4.69, 9.17) is 4.74 Å². The van der Waals surface area contributed by atoms with Crippen LogP contribution >= 0.6 is 0 Å². The molecule has 1 aliphatic heterocycles. The first-order chi connectivity index (χ1) is 12.7. The Labute approximate surface area is 157 Å². The van der Waals surface area contributed by atoms with Gasteiger partial charge in [0.05, 0.1) is 13.2 Å². The van der Waals surface area contributed by atoms with Crippen LogP contribution in [-0.2, 0) is 11.2 Å². The van der Waals surface area contributed by atoms with Crippen LogP contribution in [0.15, 0.2) is 24.3 Å². The van der Waals surface area contributed by atoms with Crippen LogP contribution < -0.4 is 10.1 Å². The van der Waals surface area contributed by atoms with Crippen LogP contribution in [0.1, 0.15) is 38.2 Å². The maximum Gasteiger partial charge on any atom is 0.237 e. The molecule has 1 saturated heterocycles. The van der Waals surface area contributed by atoms with Crippen LogP contribution in [0.4, 0.5) is 0 Å². The second-order valence-corrected chi connectivity index (χ2v) is 7.64. The van der Waals surface area contributed by atoms with E-state index in [1.165, 1.54) is 18.4 Å². The number of nitrogens with zero attached hydrogens (tertiary/aromatic N) is 2. The molecule has 0 spiro atoms. The van der Waals surface area contributed by atoms with E-state index in [0.29, 0.717) is 6.04 Å². The Morgan fingerprint density at radius 3 is 2.42 bits per heavy atom. The Kier molecular flexibility index (Phi) is 6.92. The van der Waals surface area contributed by atoms with Gasteiger partial charge in [0, 0.05) is 38.8 Å². The SMILES string of the molecule is COc1ccc(CCN2CCN(C(C)C(=O)NC3CCCC3)CC2)cc1. The van der Waals surface area contributed by atoms with Crippen molar-refractivity contribution in [1.82, 2.24) is 15.1 Å². The Hall–Kier alpha value is -1.59. The molecule has 5 nitrogen and oxygen atoms in total. The van der Waals surface area contributed by atoms with Crippen molar-refractivity contribution < 1.29 is 9.53 Å². The van der Waals surface area contributed by atoms with Gasteiger partial charge >= 0.3 is 0 Å². The van der Waals surface area contributed by atoms with E-state index >= 15 is 0 Å². The third-order valence-electron chi connectivity index (χ3n) is 5.91. The average molecular weight is 360 g/mol. The standard InChI is InChI=1S/C21H33N3O2/c1-17(21(25)22-19-5-3-4-6-19)24-15-13-23(14-16-24)12-11-18-7-9-20(26-2)10-8-18/h7-10,17,19H,3-6,11-16H2,1-2H3,(H,22,25). The van der Waals surface area contributed by atoms with E-state index in [9.17, 15) is 4.79 Å². The minimum absolute atomic E-state index is 0.0145. The number of benzene rings is 1. The largest absolute Gasteiger partial charge is 0.497 e. The summed E-state index contributed by atoms with van der Waals surface area (Å²) >= 11 is 0. The van der Waals surface area contributed by atoms with Gasteiger partial charge in [-0.25, -0.2) is 0 Å². The molecule has 1 aromatic carbocycles. The normalized spacial score (nSPS) is 20.8. The topological polar surface area (TPSA) is 44.8 Å². The maximum absolute atomic E-state index is 12.5. The van der Waals surface area contributed by atoms with Gasteiger partial charge in [-0.05, 0) is 43.9 Å². The summed E-state index contributed by atoms with van der Waals surface area (Å²) in [6.45, 7) is 7.15. The zero-order chi connectivity index (χ0) is 18.4. The monoisotopic (exact) mass is 359 g/mol. The summed E-state index contributed by atoms with van der Waals surface area (Å²) in [6.07, 6.45) is 5.87. The van der Waals surface area contributed by atoms with Gasteiger partial charge in [-0.2, -0.15) is 0 Å². The molecule has 1 amide bonds. The van der Waals surface area contributed by atoms with Crippen molar-refractivity contribution >= 4 is 5.91 Å². The van der Waals surface area contributed by atoms with Crippen LogP contribution in [0.5, 0.6) is 5.75 Å². The molecule has 0 bridgehead atoms. The summed E-state index contributed by atoms with van der Waals surface area (Å²) in [6, 6.07) is 8.74. The van der Waals surface area contributed by atoms with Crippen LogP contribution in [0.25, 0.3) is 0 Å². The second-order valence-electron chi connectivity index (χ2n) is 7.64. The van der Waals surface area contributed by atoms with Crippen molar-refractivity contribution in [3.63, 3.8) is 0 Å². The first-order valence-electron chi connectivity index (χ1n) is 10.1. The molecule has 2 aliphatic rings. The molecule has 0 radical (unpaired) electrons. The van der Waals surface area contributed by atoms with Crippen molar-refractivity contribution in [3.8, 4) is 5.75 Å². The first-order valence-corrected chi connectivity index (χ1v) is 10.1. The predicted molar refractivity (Wildman–Crippen MR) is 105 cm³/mol. The van der Waals surface area contributed by atoms with Crippen molar-refractivity contribution in [1.29, 1.82) is 0 Å². The number of methoxy groups -OCH3 is 1.